The smallest absolute Gasteiger partial charge is 0.227 e. The van der Waals surface area contributed by atoms with Gasteiger partial charge in [0.25, 0.3) is 0 Å². The summed E-state index contributed by atoms with van der Waals surface area (Å²) in [7, 11) is 1.74. The minimum absolute atomic E-state index is 0.0309. The molecule has 2 aromatic rings. The molecule has 0 fully saturated rings. The number of carbonyl (C=O) groups is 1. The Hall–Kier alpha value is -2.18. The number of aryl methyl sites for hydroxylation is 1. The second-order valence-corrected chi connectivity index (χ2v) is 4.78. The highest BCUT2D eigenvalue weighted by Gasteiger charge is 2.19. The van der Waals surface area contributed by atoms with Crippen molar-refractivity contribution < 1.29 is 9.32 Å². The summed E-state index contributed by atoms with van der Waals surface area (Å²) >= 11 is 0. The van der Waals surface area contributed by atoms with Crippen LogP contribution in [-0.2, 0) is 24.3 Å². The Morgan fingerprint density at radius 2 is 2.35 bits per heavy atom. The molecule has 1 amide bonds. The summed E-state index contributed by atoms with van der Waals surface area (Å²) in [6.45, 7) is 4.74. The molecule has 0 saturated carbocycles. The third-order valence-electron chi connectivity index (χ3n) is 3.01. The maximum atomic E-state index is 12.2. The van der Waals surface area contributed by atoms with Crippen LogP contribution in [0.5, 0.6) is 0 Å². The molecule has 0 N–H and O–H groups in total. The summed E-state index contributed by atoms with van der Waals surface area (Å²) in [5.41, 5.74) is 0. The van der Waals surface area contributed by atoms with Gasteiger partial charge in [0.05, 0.1) is 19.0 Å². The van der Waals surface area contributed by atoms with Crippen LogP contribution >= 0.6 is 0 Å². The first-order valence-electron chi connectivity index (χ1n) is 6.64. The van der Waals surface area contributed by atoms with Gasteiger partial charge in [-0.05, 0) is 6.07 Å². The van der Waals surface area contributed by atoms with E-state index in [0.29, 0.717) is 31.2 Å². The molecule has 0 spiro atoms. The molecule has 2 rings (SSSR count). The first-order chi connectivity index (χ1) is 9.60. The molecular formula is C13H19N5O2. The Morgan fingerprint density at radius 3 is 2.95 bits per heavy atom. The predicted octanol–water partition coefficient (Wildman–Crippen LogP) is 1.12. The number of amides is 1. The summed E-state index contributed by atoms with van der Waals surface area (Å²) in [5, 5.41) is 7.95. The average Bonchev–Trinajstić information content (AvgIpc) is 3.09. The molecule has 0 aliphatic rings. The second-order valence-electron chi connectivity index (χ2n) is 4.78. The lowest BCUT2D eigenvalue weighted by Gasteiger charge is -2.19. The van der Waals surface area contributed by atoms with E-state index in [0.717, 1.165) is 0 Å². The van der Waals surface area contributed by atoms with Crippen molar-refractivity contribution in [1.82, 2.24) is 24.8 Å². The van der Waals surface area contributed by atoms with E-state index >= 15 is 0 Å². The molecule has 7 nitrogen and oxygen atoms in total. The SMILES string of the molecule is CCc1nc(CN(C)C(=O)[C@H](C)Cn2cccn2)no1. The molecule has 0 aliphatic carbocycles. The number of carbonyl (C=O) groups excluding carboxylic acids is 1. The van der Waals surface area contributed by atoms with Gasteiger partial charge in [0.2, 0.25) is 11.8 Å². The highest BCUT2D eigenvalue weighted by molar-refractivity contribution is 5.78. The van der Waals surface area contributed by atoms with E-state index in [1.807, 2.05) is 26.1 Å². The van der Waals surface area contributed by atoms with Crippen molar-refractivity contribution in [3.63, 3.8) is 0 Å². The van der Waals surface area contributed by atoms with Gasteiger partial charge in [-0.3, -0.25) is 9.48 Å². The van der Waals surface area contributed by atoms with Gasteiger partial charge in [-0.25, -0.2) is 0 Å². The fourth-order valence-electron chi connectivity index (χ4n) is 1.93. The molecule has 2 heterocycles. The first-order valence-corrected chi connectivity index (χ1v) is 6.64. The van der Waals surface area contributed by atoms with Crippen molar-refractivity contribution >= 4 is 5.91 Å². The Bertz CT molecular complexity index is 549. The zero-order chi connectivity index (χ0) is 14.5. The van der Waals surface area contributed by atoms with Crippen LogP contribution in [0, 0.1) is 5.92 Å². The summed E-state index contributed by atoms with van der Waals surface area (Å²) in [6.07, 6.45) is 4.24. The minimum atomic E-state index is -0.155. The highest BCUT2D eigenvalue weighted by Crippen LogP contribution is 2.07. The van der Waals surface area contributed by atoms with Gasteiger partial charge >= 0.3 is 0 Å². The molecule has 0 unspecified atom stereocenters. The van der Waals surface area contributed by atoms with E-state index < -0.39 is 0 Å². The summed E-state index contributed by atoms with van der Waals surface area (Å²) in [6, 6.07) is 1.84. The summed E-state index contributed by atoms with van der Waals surface area (Å²) < 4.78 is 6.78. The van der Waals surface area contributed by atoms with E-state index in [2.05, 4.69) is 15.2 Å². The third-order valence-corrected chi connectivity index (χ3v) is 3.01. The normalized spacial score (nSPS) is 12.3. The largest absolute Gasteiger partial charge is 0.339 e. The van der Waals surface area contributed by atoms with Crippen LogP contribution in [0.25, 0.3) is 0 Å². The van der Waals surface area contributed by atoms with E-state index in [4.69, 9.17) is 4.52 Å². The van der Waals surface area contributed by atoms with Crippen LogP contribution in [0.15, 0.2) is 23.0 Å². The number of rotatable bonds is 6. The minimum Gasteiger partial charge on any atom is -0.339 e. The molecule has 0 saturated heterocycles. The van der Waals surface area contributed by atoms with Crippen molar-refractivity contribution in [2.24, 2.45) is 5.92 Å². The van der Waals surface area contributed by atoms with Crippen LogP contribution in [0.4, 0.5) is 0 Å². The quantitative estimate of drug-likeness (QED) is 0.791. The highest BCUT2D eigenvalue weighted by atomic mass is 16.5. The van der Waals surface area contributed by atoms with Crippen LogP contribution in [0.3, 0.4) is 0 Å². The second kappa shape index (κ2) is 6.31. The molecule has 20 heavy (non-hydrogen) atoms. The number of hydrogen-bond acceptors (Lipinski definition) is 5. The molecule has 2 aromatic heterocycles. The maximum Gasteiger partial charge on any atom is 0.227 e. The van der Waals surface area contributed by atoms with E-state index in [1.165, 1.54) is 0 Å². The average molecular weight is 277 g/mol. The Balaban J connectivity index is 1.90. The van der Waals surface area contributed by atoms with Crippen LogP contribution in [0.2, 0.25) is 0 Å². The van der Waals surface area contributed by atoms with Gasteiger partial charge in [0.1, 0.15) is 0 Å². The molecular weight excluding hydrogens is 258 g/mol. The maximum absolute atomic E-state index is 12.2. The molecule has 0 aromatic carbocycles. The topological polar surface area (TPSA) is 77.1 Å². The molecule has 0 bridgehead atoms. The lowest BCUT2D eigenvalue weighted by Crippen LogP contribution is -2.33. The first kappa shape index (κ1) is 14.2. The van der Waals surface area contributed by atoms with E-state index in [1.54, 1.807) is 22.8 Å². The number of aromatic nitrogens is 4. The molecule has 1 atom stereocenters. The number of nitrogens with zero attached hydrogens (tertiary/aromatic N) is 5. The van der Waals surface area contributed by atoms with E-state index in [-0.39, 0.29) is 11.8 Å². The lowest BCUT2D eigenvalue weighted by atomic mass is 10.1. The predicted molar refractivity (Wildman–Crippen MR) is 71.5 cm³/mol. The number of hydrogen-bond donors (Lipinski definition) is 0. The van der Waals surface area contributed by atoms with Crippen LogP contribution in [-0.4, -0.2) is 37.8 Å². The zero-order valence-electron chi connectivity index (χ0n) is 12.0. The van der Waals surface area contributed by atoms with Crippen molar-refractivity contribution in [3.05, 3.63) is 30.2 Å². The Labute approximate surface area is 117 Å². The van der Waals surface area contributed by atoms with Gasteiger partial charge in [-0.15, -0.1) is 0 Å². The van der Waals surface area contributed by atoms with Crippen molar-refractivity contribution in [2.45, 2.75) is 33.4 Å². The fraction of sp³-hybridized carbons (Fsp3) is 0.538. The van der Waals surface area contributed by atoms with Crippen molar-refractivity contribution in [1.29, 1.82) is 0 Å². The van der Waals surface area contributed by atoms with Gasteiger partial charge in [-0.2, -0.15) is 10.1 Å². The molecule has 7 heteroatoms. The molecule has 0 radical (unpaired) electrons. The van der Waals surface area contributed by atoms with Crippen LogP contribution in [0.1, 0.15) is 25.6 Å². The van der Waals surface area contributed by atoms with Gasteiger partial charge < -0.3 is 9.42 Å². The molecule has 108 valence electrons. The summed E-state index contributed by atoms with van der Waals surface area (Å²) in [5.74, 6) is 0.996. The zero-order valence-corrected chi connectivity index (χ0v) is 12.0. The fourth-order valence-corrected chi connectivity index (χ4v) is 1.93. The molecule has 0 aliphatic heterocycles. The standard InChI is InChI=1S/C13H19N5O2/c1-4-12-15-11(16-20-12)9-17(3)13(19)10(2)8-18-7-5-6-14-18/h5-7,10H,4,8-9H2,1-3H3/t10-/m1/s1. The lowest BCUT2D eigenvalue weighted by molar-refractivity contribution is -0.134. The Kier molecular flexibility index (Phi) is 4.49. The van der Waals surface area contributed by atoms with E-state index in [9.17, 15) is 4.79 Å². The summed E-state index contributed by atoms with van der Waals surface area (Å²) in [4.78, 5) is 18.1. The Morgan fingerprint density at radius 1 is 1.55 bits per heavy atom. The van der Waals surface area contributed by atoms with Gasteiger partial charge in [0, 0.05) is 25.9 Å². The third kappa shape index (κ3) is 3.43. The van der Waals surface area contributed by atoms with Crippen molar-refractivity contribution in [2.75, 3.05) is 7.05 Å². The van der Waals surface area contributed by atoms with Gasteiger partial charge in [0.15, 0.2) is 5.82 Å². The van der Waals surface area contributed by atoms with Gasteiger partial charge in [-0.1, -0.05) is 19.0 Å². The van der Waals surface area contributed by atoms with Crippen molar-refractivity contribution in [3.8, 4) is 0 Å². The monoisotopic (exact) mass is 277 g/mol. The van der Waals surface area contributed by atoms with Crippen LogP contribution < -0.4 is 0 Å².